The maximum atomic E-state index is 5.51. The fourth-order valence-corrected chi connectivity index (χ4v) is 1.37. The number of ether oxygens (including phenoxy) is 1. The summed E-state index contributed by atoms with van der Waals surface area (Å²) in [5, 5.41) is -0.752. The summed E-state index contributed by atoms with van der Waals surface area (Å²) in [7, 11) is 0. The minimum absolute atomic E-state index is 0.0662. The molecule has 0 saturated heterocycles. The van der Waals surface area contributed by atoms with Crippen molar-refractivity contribution in [1.29, 1.82) is 0 Å². The lowest BCUT2D eigenvalue weighted by molar-refractivity contribution is 0.111. The molecule has 0 amide bonds. The molecule has 0 unspecified atom stereocenters. The Morgan fingerprint density at radius 2 is 1.79 bits per heavy atom. The van der Waals surface area contributed by atoms with E-state index in [2.05, 4.69) is 26.0 Å². The number of rotatable bonds is 4. The minimum atomic E-state index is -0.752. The summed E-state index contributed by atoms with van der Waals surface area (Å²) in [6, 6.07) is 10.2. The van der Waals surface area contributed by atoms with Crippen LogP contribution in [0.2, 0.25) is 0 Å². The molecule has 0 radical (unpaired) electrons. The van der Waals surface area contributed by atoms with E-state index in [0.717, 1.165) is 0 Å². The lowest BCUT2D eigenvalue weighted by Gasteiger charge is -2.25. The average molecular weight is 233 g/mol. The number of alkyl halides is 2. The Bertz CT molecular complexity index is 270. The largest absolute Gasteiger partial charge is 0.348 e. The normalized spacial score (nSPS) is 12.1. The smallest absolute Gasteiger partial charge is 0.206 e. The molecule has 0 bridgehead atoms. The average Bonchev–Trinajstić information content (AvgIpc) is 2.16. The molecule has 1 nitrogen and oxygen atoms in total. The summed E-state index contributed by atoms with van der Waals surface area (Å²) < 4.78 is 5.19. The Morgan fingerprint density at radius 1 is 1.21 bits per heavy atom. The molecular formula is C11H14Cl2O. The third-order valence-corrected chi connectivity index (χ3v) is 2.38. The highest BCUT2D eigenvalue weighted by molar-refractivity contribution is 6.43. The number of hydrogen-bond acceptors (Lipinski definition) is 1. The van der Waals surface area contributed by atoms with Gasteiger partial charge in [0.25, 0.3) is 0 Å². The quantitative estimate of drug-likeness (QED) is 0.720. The zero-order valence-corrected chi connectivity index (χ0v) is 9.85. The van der Waals surface area contributed by atoms with Crippen molar-refractivity contribution in [2.75, 3.05) is 6.61 Å². The predicted molar refractivity (Wildman–Crippen MR) is 60.9 cm³/mol. The van der Waals surface area contributed by atoms with Crippen molar-refractivity contribution in [3.63, 3.8) is 0 Å². The van der Waals surface area contributed by atoms with Gasteiger partial charge in [0.05, 0.1) is 6.61 Å². The molecule has 0 saturated carbocycles. The first-order valence-corrected chi connectivity index (χ1v) is 5.35. The Balaban J connectivity index is 2.66. The summed E-state index contributed by atoms with van der Waals surface area (Å²) in [6.45, 7) is 4.70. The van der Waals surface area contributed by atoms with Crippen LogP contribution in [0.4, 0.5) is 0 Å². The molecule has 0 N–H and O–H groups in total. The van der Waals surface area contributed by atoms with Gasteiger partial charge >= 0.3 is 0 Å². The predicted octanol–water partition coefficient (Wildman–Crippen LogP) is 3.74. The summed E-state index contributed by atoms with van der Waals surface area (Å²) in [6.07, 6.45) is 0. The SMILES string of the molecule is CC(C)(COC(Cl)Cl)c1ccccc1. The molecule has 0 aliphatic heterocycles. The number of benzene rings is 1. The van der Waals surface area contributed by atoms with E-state index >= 15 is 0 Å². The molecule has 0 atom stereocenters. The van der Waals surface area contributed by atoms with E-state index in [4.69, 9.17) is 27.9 Å². The maximum absolute atomic E-state index is 5.51. The minimum Gasteiger partial charge on any atom is -0.348 e. The zero-order valence-electron chi connectivity index (χ0n) is 8.34. The van der Waals surface area contributed by atoms with Crippen LogP contribution < -0.4 is 0 Å². The van der Waals surface area contributed by atoms with Crippen LogP contribution in [0.5, 0.6) is 0 Å². The lowest BCUT2D eigenvalue weighted by Crippen LogP contribution is -2.25. The van der Waals surface area contributed by atoms with E-state index in [9.17, 15) is 0 Å². The van der Waals surface area contributed by atoms with Crippen LogP contribution in [-0.4, -0.2) is 11.6 Å². The molecule has 1 rings (SSSR count). The standard InChI is InChI=1S/C11H14Cl2O/c1-11(2,8-14-10(12)13)9-6-4-3-5-7-9/h3-7,10H,8H2,1-2H3. The zero-order chi connectivity index (χ0) is 10.6. The molecule has 0 heterocycles. The maximum Gasteiger partial charge on any atom is 0.206 e. The van der Waals surface area contributed by atoms with Gasteiger partial charge in [-0.15, -0.1) is 0 Å². The van der Waals surface area contributed by atoms with Gasteiger partial charge in [-0.2, -0.15) is 0 Å². The third kappa shape index (κ3) is 3.49. The summed E-state index contributed by atoms with van der Waals surface area (Å²) in [5.41, 5.74) is 1.15. The topological polar surface area (TPSA) is 9.23 Å². The fraction of sp³-hybridized carbons (Fsp3) is 0.455. The highest BCUT2D eigenvalue weighted by Gasteiger charge is 2.21. The van der Waals surface area contributed by atoms with Crippen molar-refractivity contribution >= 4 is 23.2 Å². The van der Waals surface area contributed by atoms with Gasteiger partial charge in [0.15, 0.2) is 0 Å². The van der Waals surface area contributed by atoms with E-state index in [-0.39, 0.29) is 5.41 Å². The Kier molecular flexibility index (Phi) is 4.24. The van der Waals surface area contributed by atoms with Crippen LogP contribution in [0.15, 0.2) is 30.3 Å². The molecule has 0 aromatic heterocycles. The van der Waals surface area contributed by atoms with E-state index in [1.807, 2.05) is 18.2 Å². The number of halogens is 2. The molecule has 1 aromatic carbocycles. The first kappa shape index (κ1) is 11.8. The molecule has 3 heteroatoms. The van der Waals surface area contributed by atoms with Crippen molar-refractivity contribution < 1.29 is 4.74 Å². The van der Waals surface area contributed by atoms with Gasteiger partial charge in [-0.3, -0.25) is 0 Å². The van der Waals surface area contributed by atoms with Crippen molar-refractivity contribution in [1.82, 2.24) is 0 Å². The molecule has 0 aliphatic carbocycles. The van der Waals surface area contributed by atoms with Crippen LogP contribution >= 0.6 is 23.2 Å². The van der Waals surface area contributed by atoms with Crippen molar-refractivity contribution in [3.05, 3.63) is 35.9 Å². The first-order chi connectivity index (χ1) is 6.52. The second kappa shape index (κ2) is 5.01. The summed E-state index contributed by atoms with van der Waals surface area (Å²) in [4.78, 5) is 0. The Hall–Kier alpha value is -0.240. The van der Waals surface area contributed by atoms with E-state index < -0.39 is 5.02 Å². The molecule has 0 spiro atoms. The van der Waals surface area contributed by atoms with Crippen LogP contribution in [0.25, 0.3) is 0 Å². The van der Waals surface area contributed by atoms with Gasteiger partial charge in [0.2, 0.25) is 5.02 Å². The molecule has 1 aromatic rings. The monoisotopic (exact) mass is 232 g/mol. The highest BCUT2D eigenvalue weighted by Crippen LogP contribution is 2.24. The molecule has 14 heavy (non-hydrogen) atoms. The molecule has 78 valence electrons. The van der Waals surface area contributed by atoms with Crippen LogP contribution in [0.1, 0.15) is 19.4 Å². The Labute approximate surface area is 95.0 Å². The van der Waals surface area contributed by atoms with E-state index in [1.165, 1.54) is 5.56 Å². The van der Waals surface area contributed by atoms with Gasteiger partial charge < -0.3 is 4.74 Å². The van der Waals surface area contributed by atoms with Crippen LogP contribution in [0.3, 0.4) is 0 Å². The van der Waals surface area contributed by atoms with E-state index in [0.29, 0.717) is 6.61 Å². The Morgan fingerprint density at radius 3 is 2.29 bits per heavy atom. The summed E-state index contributed by atoms with van der Waals surface area (Å²) >= 11 is 11.0. The van der Waals surface area contributed by atoms with Crippen molar-refractivity contribution in [2.45, 2.75) is 24.3 Å². The second-order valence-electron chi connectivity index (χ2n) is 3.82. The molecule has 0 fully saturated rings. The van der Waals surface area contributed by atoms with Crippen molar-refractivity contribution in [2.24, 2.45) is 0 Å². The second-order valence-corrected chi connectivity index (χ2v) is 4.84. The van der Waals surface area contributed by atoms with Gasteiger partial charge in [0.1, 0.15) is 0 Å². The van der Waals surface area contributed by atoms with Gasteiger partial charge in [-0.25, -0.2) is 0 Å². The lowest BCUT2D eigenvalue weighted by atomic mass is 9.86. The van der Waals surface area contributed by atoms with Crippen molar-refractivity contribution in [3.8, 4) is 0 Å². The summed E-state index contributed by atoms with van der Waals surface area (Å²) in [5.74, 6) is 0. The van der Waals surface area contributed by atoms with E-state index in [1.54, 1.807) is 0 Å². The van der Waals surface area contributed by atoms with Gasteiger partial charge in [-0.1, -0.05) is 67.4 Å². The third-order valence-electron chi connectivity index (χ3n) is 2.13. The van der Waals surface area contributed by atoms with Crippen LogP contribution in [-0.2, 0) is 10.2 Å². The molecular weight excluding hydrogens is 219 g/mol. The first-order valence-electron chi connectivity index (χ1n) is 4.48. The molecule has 0 aliphatic rings. The fourth-order valence-electron chi connectivity index (χ4n) is 1.24. The van der Waals surface area contributed by atoms with Gasteiger partial charge in [-0.05, 0) is 5.56 Å². The van der Waals surface area contributed by atoms with Gasteiger partial charge in [0, 0.05) is 5.41 Å². The highest BCUT2D eigenvalue weighted by atomic mass is 35.5. The number of hydrogen-bond donors (Lipinski definition) is 0. The van der Waals surface area contributed by atoms with Crippen LogP contribution in [0, 0.1) is 0 Å².